The number of hydrogen-bond donors (Lipinski definition) is 0. The van der Waals surface area contributed by atoms with Crippen LogP contribution < -0.4 is 0 Å². The number of thiazole rings is 1. The highest BCUT2D eigenvalue weighted by atomic mass is 35.5. The van der Waals surface area contributed by atoms with E-state index in [9.17, 15) is 4.79 Å². The molecule has 4 rings (SSSR count). The zero-order chi connectivity index (χ0) is 20.9. The van der Waals surface area contributed by atoms with Crippen LogP contribution in [0.15, 0.2) is 41.8 Å². The Morgan fingerprint density at radius 1 is 1.13 bits per heavy atom. The largest absolute Gasteiger partial charge is 0.341 e. The summed E-state index contributed by atoms with van der Waals surface area (Å²) in [6, 6.07) is 13.7. The summed E-state index contributed by atoms with van der Waals surface area (Å²) in [5, 5.41) is 11.8. The van der Waals surface area contributed by atoms with Crippen molar-refractivity contribution in [3.05, 3.63) is 62.9 Å². The second-order valence-corrected chi connectivity index (χ2v) is 9.82. The lowest BCUT2D eigenvalue weighted by Gasteiger charge is -2.22. The summed E-state index contributed by atoms with van der Waals surface area (Å²) < 4.78 is 0.743. The lowest BCUT2D eigenvalue weighted by molar-refractivity contribution is -0.130. The van der Waals surface area contributed by atoms with Gasteiger partial charge < -0.3 is 4.90 Å². The molecular formula is C22H21ClN4OS2. The van der Waals surface area contributed by atoms with E-state index in [0.717, 1.165) is 59.1 Å². The van der Waals surface area contributed by atoms with Gasteiger partial charge in [-0.1, -0.05) is 23.7 Å². The van der Waals surface area contributed by atoms with Crippen molar-refractivity contribution in [2.75, 3.05) is 26.2 Å². The summed E-state index contributed by atoms with van der Waals surface area (Å²) in [7, 11) is 0. The maximum Gasteiger partial charge on any atom is 0.228 e. The highest BCUT2D eigenvalue weighted by Crippen LogP contribution is 2.33. The molecular weight excluding hydrogens is 436 g/mol. The number of carbonyl (C=O) groups excluding carboxylic acids is 1. The van der Waals surface area contributed by atoms with Gasteiger partial charge in [0.15, 0.2) is 0 Å². The lowest BCUT2D eigenvalue weighted by atomic mass is 10.1. The van der Waals surface area contributed by atoms with Crippen molar-refractivity contribution in [1.29, 1.82) is 5.26 Å². The van der Waals surface area contributed by atoms with Crippen molar-refractivity contribution in [3.8, 4) is 16.0 Å². The van der Waals surface area contributed by atoms with Crippen LogP contribution in [-0.4, -0.2) is 46.9 Å². The molecule has 0 N–H and O–H groups in total. The summed E-state index contributed by atoms with van der Waals surface area (Å²) in [5.74, 6) is 0.135. The first-order chi connectivity index (χ1) is 14.6. The van der Waals surface area contributed by atoms with E-state index in [-0.39, 0.29) is 5.91 Å². The van der Waals surface area contributed by atoms with Gasteiger partial charge in [0, 0.05) is 38.1 Å². The Morgan fingerprint density at radius 2 is 1.97 bits per heavy atom. The van der Waals surface area contributed by atoms with E-state index < -0.39 is 0 Å². The standard InChI is InChI=1S/C22H21ClN4OS2/c23-20-7-6-19(30-20)22-25-18(15-29-22)12-21(28)27-9-1-8-26(10-11-27)14-17-4-2-16(13-24)3-5-17/h2-7,15H,1,8-12,14H2. The van der Waals surface area contributed by atoms with Crippen LogP contribution >= 0.6 is 34.3 Å². The smallest absolute Gasteiger partial charge is 0.228 e. The summed E-state index contributed by atoms with van der Waals surface area (Å²) in [5.41, 5.74) is 2.69. The predicted molar refractivity (Wildman–Crippen MR) is 122 cm³/mol. The second-order valence-electron chi connectivity index (χ2n) is 7.24. The minimum absolute atomic E-state index is 0.135. The zero-order valence-electron chi connectivity index (χ0n) is 16.4. The van der Waals surface area contributed by atoms with Crippen molar-refractivity contribution in [1.82, 2.24) is 14.8 Å². The molecule has 0 saturated carbocycles. The fraction of sp³-hybridized carbons (Fsp3) is 0.318. The molecule has 0 radical (unpaired) electrons. The van der Waals surface area contributed by atoms with Gasteiger partial charge in [-0.25, -0.2) is 4.98 Å². The number of aromatic nitrogens is 1. The Kier molecular flexibility index (Phi) is 6.80. The van der Waals surface area contributed by atoms with E-state index in [1.165, 1.54) is 16.9 Å². The predicted octanol–water partition coefficient (Wildman–Crippen LogP) is 4.67. The number of amides is 1. The summed E-state index contributed by atoms with van der Waals surface area (Å²) >= 11 is 9.07. The van der Waals surface area contributed by atoms with Crippen molar-refractivity contribution in [2.24, 2.45) is 0 Å². The average molecular weight is 457 g/mol. The van der Waals surface area contributed by atoms with Gasteiger partial charge in [0.1, 0.15) is 5.01 Å². The molecule has 8 heteroatoms. The van der Waals surface area contributed by atoms with Crippen molar-refractivity contribution in [2.45, 2.75) is 19.4 Å². The average Bonchev–Trinajstić information content (AvgIpc) is 3.32. The molecule has 0 bridgehead atoms. The van der Waals surface area contributed by atoms with E-state index in [1.54, 1.807) is 11.3 Å². The van der Waals surface area contributed by atoms with Gasteiger partial charge in [0.25, 0.3) is 0 Å². The number of rotatable bonds is 5. The molecule has 1 aromatic carbocycles. The minimum Gasteiger partial charge on any atom is -0.341 e. The van der Waals surface area contributed by atoms with Crippen LogP contribution in [0, 0.1) is 11.3 Å². The maximum absolute atomic E-state index is 12.8. The van der Waals surface area contributed by atoms with Crippen LogP contribution in [-0.2, 0) is 17.8 Å². The number of nitriles is 1. The van der Waals surface area contributed by atoms with Crippen LogP contribution in [0.2, 0.25) is 4.34 Å². The molecule has 0 atom stereocenters. The Bertz CT molecular complexity index is 1050. The maximum atomic E-state index is 12.8. The fourth-order valence-corrected chi connectivity index (χ4v) is 5.45. The fourth-order valence-electron chi connectivity index (χ4n) is 3.52. The van der Waals surface area contributed by atoms with Gasteiger partial charge >= 0.3 is 0 Å². The summed E-state index contributed by atoms with van der Waals surface area (Å²) in [6.07, 6.45) is 1.29. The molecule has 1 aliphatic rings. The van der Waals surface area contributed by atoms with Gasteiger partial charge in [0.2, 0.25) is 5.91 Å². The van der Waals surface area contributed by atoms with Gasteiger partial charge in [-0.15, -0.1) is 22.7 Å². The molecule has 1 saturated heterocycles. The molecule has 0 aliphatic carbocycles. The van der Waals surface area contributed by atoms with E-state index in [1.807, 2.05) is 46.7 Å². The highest BCUT2D eigenvalue weighted by Gasteiger charge is 2.20. The Balaban J connectivity index is 1.31. The third-order valence-corrected chi connectivity index (χ3v) is 7.39. The van der Waals surface area contributed by atoms with Crippen LogP contribution in [0.5, 0.6) is 0 Å². The van der Waals surface area contributed by atoms with E-state index in [2.05, 4.69) is 16.0 Å². The molecule has 1 amide bonds. The van der Waals surface area contributed by atoms with Gasteiger partial charge in [-0.2, -0.15) is 5.26 Å². The molecule has 30 heavy (non-hydrogen) atoms. The molecule has 2 aromatic heterocycles. The monoisotopic (exact) mass is 456 g/mol. The molecule has 0 spiro atoms. The normalized spacial score (nSPS) is 15.0. The number of hydrogen-bond acceptors (Lipinski definition) is 6. The summed E-state index contributed by atoms with van der Waals surface area (Å²) in [6.45, 7) is 4.16. The van der Waals surface area contributed by atoms with Gasteiger partial charge in [0.05, 0.1) is 33.0 Å². The number of halogens is 1. The van der Waals surface area contributed by atoms with Crippen molar-refractivity contribution < 1.29 is 4.79 Å². The van der Waals surface area contributed by atoms with Crippen molar-refractivity contribution >= 4 is 40.2 Å². The van der Waals surface area contributed by atoms with E-state index >= 15 is 0 Å². The van der Waals surface area contributed by atoms with Crippen LogP contribution in [0.1, 0.15) is 23.2 Å². The van der Waals surface area contributed by atoms with E-state index in [4.69, 9.17) is 16.9 Å². The Morgan fingerprint density at radius 3 is 2.70 bits per heavy atom. The molecule has 0 unspecified atom stereocenters. The lowest BCUT2D eigenvalue weighted by Crippen LogP contribution is -2.36. The first-order valence-corrected chi connectivity index (χ1v) is 11.9. The third-order valence-electron chi connectivity index (χ3n) is 5.10. The number of nitrogens with zero attached hydrogens (tertiary/aromatic N) is 4. The highest BCUT2D eigenvalue weighted by molar-refractivity contribution is 7.23. The molecule has 154 valence electrons. The molecule has 1 aliphatic heterocycles. The molecule has 3 aromatic rings. The van der Waals surface area contributed by atoms with E-state index in [0.29, 0.717) is 12.0 Å². The van der Waals surface area contributed by atoms with Crippen LogP contribution in [0.4, 0.5) is 0 Å². The molecule has 3 heterocycles. The van der Waals surface area contributed by atoms with Crippen molar-refractivity contribution in [3.63, 3.8) is 0 Å². The first-order valence-electron chi connectivity index (χ1n) is 9.80. The third kappa shape index (κ3) is 5.27. The van der Waals surface area contributed by atoms with Gasteiger partial charge in [-0.3, -0.25) is 9.69 Å². The van der Waals surface area contributed by atoms with Crippen LogP contribution in [0.25, 0.3) is 9.88 Å². The quantitative estimate of drug-likeness (QED) is 0.559. The Labute approximate surface area is 189 Å². The topological polar surface area (TPSA) is 60.2 Å². The minimum atomic E-state index is 0.135. The Hall–Kier alpha value is -2.24. The number of carbonyl (C=O) groups is 1. The van der Waals surface area contributed by atoms with Gasteiger partial charge in [-0.05, 0) is 36.2 Å². The zero-order valence-corrected chi connectivity index (χ0v) is 18.8. The molecule has 1 fully saturated rings. The SMILES string of the molecule is N#Cc1ccc(CN2CCCN(C(=O)Cc3csc(-c4ccc(Cl)s4)n3)CC2)cc1. The number of benzene rings is 1. The molecule has 5 nitrogen and oxygen atoms in total. The number of thiophene rings is 1. The second kappa shape index (κ2) is 9.71. The van der Waals surface area contributed by atoms with Crippen LogP contribution in [0.3, 0.4) is 0 Å². The first kappa shape index (κ1) is 21.0. The summed E-state index contributed by atoms with van der Waals surface area (Å²) in [4.78, 5) is 22.8.